The Hall–Kier alpha value is -2.26. The van der Waals surface area contributed by atoms with Crippen molar-refractivity contribution in [2.75, 3.05) is 4.90 Å². The van der Waals surface area contributed by atoms with Gasteiger partial charge in [-0.2, -0.15) is 0 Å². The first kappa shape index (κ1) is 17.2. The molecule has 1 aliphatic rings. The van der Waals surface area contributed by atoms with Crippen LogP contribution in [0.25, 0.3) is 11.5 Å². The van der Waals surface area contributed by atoms with Crippen molar-refractivity contribution < 1.29 is 13.6 Å². The first-order valence-corrected chi connectivity index (χ1v) is 9.87. The highest BCUT2D eigenvalue weighted by molar-refractivity contribution is 8.00. The van der Waals surface area contributed by atoms with Crippen LogP contribution in [0.15, 0.2) is 39.3 Å². The molecule has 0 spiro atoms. The molecule has 6 nitrogen and oxygen atoms in total. The molecule has 0 aliphatic heterocycles. The quantitative estimate of drug-likeness (QED) is 0.465. The van der Waals surface area contributed by atoms with Crippen LogP contribution < -0.4 is 4.90 Å². The fourth-order valence-electron chi connectivity index (χ4n) is 2.50. The molecule has 4 rings (SSSR count). The molecule has 26 heavy (non-hydrogen) atoms. The average molecular weight is 390 g/mol. The number of oxazole rings is 1. The molecule has 0 radical (unpaired) electrons. The Morgan fingerprint density at radius 3 is 3.00 bits per heavy atom. The van der Waals surface area contributed by atoms with Crippen molar-refractivity contribution in [3.05, 3.63) is 42.0 Å². The van der Waals surface area contributed by atoms with Crippen molar-refractivity contribution in [3.63, 3.8) is 0 Å². The third kappa shape index (κ3) is 3.78. The molecule has 1 aliphatic carbocycles. The fourth-order valence-corrected chi connectivity index (χ4v) is 4.34. The SMILES string of the molecule is CC(=O)N(c1nnc(SCc2coc(-c3cccc(F)c3)n2)s1)C1CC1. The fraction of sp³-hybridized carbons (Fsp3) is 0.294. The van der Waals surface area contributed by atoms with Gasteiger partial charge in [0.2, 0.25) is 16.9 Å². The highest BCUT2D eigenvalue weighted by atomic mass is 32.2. The number of benzene rings is 1. The number of hydrogen-bond acceptors (Lipinski definition) is 7. The Kier molecular flexibility index (Phi) is 4.73. The zero-order chi connectivity index (χ0) is 18.1. The van der Waals surface area contributed by atoms with Gasteiger partial charge in [-0.3, -0.25) is 9.69 Å². The summed E-state index contributed by atoms with van der Waals surface area (Å²) in [6.45, 7) is 1.55. The van der Waals surface area contributed by atoms with Crippen LogP contribution in [0.3, 0.4) is 0 Å². The topological polar surface area (TPSA) is 72.1 Å². The lowest BCUT2D eigenvalue weighted by Crippen LogP contribution is -2.30. The minimum Gasteiger partial charge on any atom is -0.444 e. The van der Waals surface area contributed by atoms with Crippen LogP contribution in [0.2, 0.25) is 0 Å². The van der Waals surface area contributed by atoms with E-state index in [0.717, 1.165) is 22.9 Å². The first-order chi connectivity index (χ1) is 12.6. The van der Waals surface area contributed by atoms with Crippen LogP contribution in [-0.4, -0.2) is 27.1 Å². The second-order valence-corrected chi connectivity index (χ2v) is 8.09. The summed E-state index contributed by atoms with van der Waals surface area (Å²) in [4.78, 5) is 17.9. The maximum atomic E-state index is 13.3. The Labute approximate surface area is 157 Å². The van der Waals surface area contributed by atoms with E-state index in [9.17, 15) is 9.18 Å². The zero-order valence-corrected chi connectivity index (χ0v) is 15.5. The number of thioether (sulfide) groups is 1. The number of anilines is 1. The van der Waals surface area contributed by atoms with Crippen LogP contribution in [0.4, 0.5) is 9.52 Å². The lowest BCUT2D eigenvalue weighted by molar-refractivity contribution is -0.116. The van der Waals surface area contributed by atoms with Gasteiger partial charge in [-0.1, -0.05) is 29.2 Å². The van der Waals surface area contributed by atoms with Gasteiger partial charge in [0.05, 0.1) is 5.69 Å². The first-order valence-electron chi connectivity index (χ1n) is 8.06. The molecule has 0 bridgehead atoms. The number of carbonyl (C=O) groups excluding carboxylic acids is 1. The van der Waals surface area contributed by atoms with Gasteiger partial charge in [-0.15, -0.1) is 10.2 Å². The summed E-state index contributed by atoms with van der Waals surface area (Å²) in [6.07, 6.45) is 3.59. The lowest BCUT2D eigenvalue weighted by atomic mass is 10.2. The second-order valence-electron chi connectivity index (χ2n) is 5.91. The number of amides is 1. The van der Waals surface area contributed by atoms with E-state index < -0.39 is 0 Å². The molecular formula is C17H15FN4O2S2. The van der Waals surface area contributed by atoms with Crippen molar-refractivity contribution in [3.8, 4) is 11.5 Å². The highest BCUT2D eigenvalue weighted by Crippen LogP contribution is 2.36. The number of hydrogen-bond donors (Lipinski definition) is 0. The molecule has 0 N–H and O–H groups in total. The van der Waals surface area contributed by atoms with Crippen LogP contribution in [-0.2, 0) is 10.5 Å². The van der Waals surface area contributed by atoms with Gasteiger partial charge in [0, 0.05) is 24.3 Å². The second kappa shape index (κ2) is 7.16. The monoisotopic (exact) mass is 390 g/mol. The van der Waals surface area contributed by atoms with Gasteiger partial charge in [0.25, 0.3) is 0 Å². The summed E-state index contributed by atoms with van der Waals surface area (Å²) >= 11 is 2.88. The van der Waals surface area contributed by atoms with Crippen LogP contribution >= 0.6 is 23.1 Å². The normalized spacial score (nSPS) is 13.8. The van der Waals surface area contributed by atoms with Crippen molar-refractivity contribution in [2.45, 2.75) is 35.9 Å². The summed E-state index contributed by atoms with van der Waals surface area (Å²) in [5.74, 6) is 0.603. The number of aromatic nitrogens is 3. The van der Waals surface area contributed by atoms with Gasteiger partial charge in [0.15, 0.2) is 4.34 Å². The summed E-state index contributed by atoms with van der Waals surface area (Å²) < 4.78 is 19.5. The summed E-state index contributed by atoms with van der Waals surface area (Å²) in [5.41, 5.74) is 1.33. The molecule has 9 heteroatoms. The average Bonchev–Trinajstić information content (AvgIpc) is 3.14. The number of carbonyl (C=O) groups is 1. The highest BCUT2D eigenvalue weighted by Gasteiger charge is 2.34. The van der Waals surface area contributed by atoms with E-state index in [1.807, 2.05) is 0 Å². The van der Waals surface area contributed by atoms with E-state index in [2.05, 4.69) is 15.2 Å². The Morgan fingerprint density at radius 1 is 1.42 bits per heavy atom. The largest absolute Gasteiger partial charge is 0.444 e. The predicted octanol–water partition coefficient (Wildman–Crippen LogP) is 4.14. The van der Waals surface area contributed by atoms with Crippen LogP contribution in [0, 0.1) is 5.82 Å². The number of rotatable bonds is 6. The molecule has 2 heterocycles. The lowest BCUT2D eigenvalue weighted by Gasteiger charge is -2.15. The maximum absolute atomic E-state index is 13.3. The minimum atomic E-state index is -0.330. The molecule has 0 unspecified atom stereocenters. The van der Waals surface area contributed by atoms with Crippen molar-refractivity contribution >= 4 is 34.1 Å². The molecular weight excluding hydrogens is 375 g/mol. The third-order valence-electron chi connectivity index (χ3n) is 3.82. The standard InChI is InChI=1S/C17H15FN4O2S2/c1-10(23)22(14-5-6-14)16-20-21-17(26-16)25-9-13-8-24-15(19-13)11-3-2-4-12(18)7-11/h2-4,7-8,14H,5-6,9H2,1H3. The number of halogens is 1. The molecule has 1 aromatic carbocycles. The van der Waals surface area contributed by atoms with Gasteiger partial charge in [-0.25, -0.2) is 9.37 Å². The van der Waals surface area contributed by atoms with Crippen molar-refractivity contribution in [1.29, 1.82) is 0 Å². The van der Waals surface area contributed by atoms with Crippen molar-refractivity contribution in [2.24, 2.45) is 0 Å². The Balaban J connectivity index is 1.41. The minimum absolute atomic E-state index is 0.00330. The summed E-state index contributed by atoms with van der Waals surface area (Å²) in [5, 5.41) is 8.93. The van der Waals surface area contributed by atoms with Gasteiger partial charge < -0.3 is 4.42 Å². The third-order valence-corrected chi connectivity index (χ3v) is 5.91. The smallest absolute Gasteiger partial charge is 0.226 e. The molecule has 3 aromatic rings. The number of nitrogens with zero attached hydrogens (tertiary/aromatic N) is 4. The van der Waals surface area contributed by atoms with E-state index in [1.165, 1.54) is 35.2 Å². The van der Waals surface area contributed by atoms with E-state index in [-0.39, 0.29) is 17.8 Å². The predicted molar refractivity (Wildman–Crippen MR) is 97.5 cm³/mol. The maximum Gasteiger partial charge on any atom is 0.226 e. The van der Waals surface area contributed by atoms with E-state index in [0.29, 0.717) is 22.3 Å². The van der Waals surface area contributed by atoms with E-state index in [1.54, 1.807) is 30.2 Å². The summed E-state index contributed by atoms with van der Waals surface area (Å²) in [6, 6.07) is 6.39. The molecule has 134 valence electrons. The Bertz CT molecular complexity index is 938. The van der Waals surface area contributed by atoms with Gasteiger partial charge in [-0.05, 0) is 31.0 Å². The summed E-state index contributed by atoms with van der Waals surface area (Å²) in [7, 11) is 0. The molecule has 0 atom stereocenters. The van der Waals surface area contributed by atoms with Crippen molar-refractivity contribution in [1.82, 2.24) is 15.2 Å². The van der Waals surface area contributed by atoms with Gasteiger partial charge in [0.1, 0.15) is 12.1 Å². The van der Waals surface area contributed by atoms with Gasteiger partial charge >= 0.3 is 0 Å². The molecule has 1 fully saturated rings. The molecule has 1 amide bonds. The zero-order valence-electron chi connectivity index (χ0n) is 13.9. The van der Waals surface area contributed by atoms with Crippen LogP contribution in [0.5, 0.6) is 0 Å². The Morgan fingerprint density at radius 2 is 2.27 bits per heavy atom. The van der Waals surface area contributed by atoms with E-state index in [4.69, 9.17) is 4.42 Å². The molecule has 2 aromatic heterocycles. The van der Waals surface area contributed by atoms with Crippen LogP contribution in [0.1, 0.15) is 25.5 Å². The van der Waals surface area contributed by atoms with E-state index >= 15 is 0 Å². The molecule has 1 saturated carbocycles. The molecule has 0 saturated heterocycles.